The molecule has 1 aromatic rings. The summed E-state index contributed by atoms with van der Waals surface area (Å²) in [7, 11) is 1.57. The molecule has 1 aromatic carbocycles. The Labute approximate surface area is 111 Å². The van der Waals surface area contributed by atoms with Crippen LogP contribution < -0.4 is 5.32 Å². The molecule has 5 heteroatoms. The number of hydrogen-bond acceptors (Lipinski definition) is 2. The molecule has 17 heavy (non-hydrogen) atoms. The predicted octanol–water partition coefficient (Wildman–Crippen LogP) is 2.63. The Morgan fingerprint density at radius 3 is 2.82 bits per heavy atom. The highest BCUT2D eigenvalue weighted by atomic mass is 35.5. The third-order valence-electron chi connectivity index (χ3n) is 2.33. The van der Waals surface area contributed by atoms with E-state index in [0.29, 0.717) is 23.1 Å². The Balaban J connectivity index is 2.78. The van der Waals surface area contributed by atoms with E-state index in [1.54, 1.807) is 19.2 Å². The minimum atomic E-state index is -0.201. The van der Waals surface area contributed by atoms with E-state index in [1.165, 1.54) is 0 Å². The molecule has 0 bridgehead atoms. The highest BCUT2D eigenvalue weighted by Gasteiger charge is 2.14. The fourth-order valence-corrected chi connectivity index (χ4v) is 1.77. The van der Waals surface area contributed by atoms with Crippen LogP contribution in [0.3, 0.4) is 0 Å². The Kier molecular flexibility index (Phi) is 5.75. The summed E-state index contributed by atoms with van der Waals surface area (Å²) in [6.07, 6.45) is 0. The van der Waals surface area contributed by atoms with Crippen LogP contribution in [0.4, 0.5) is 0 Å². The number of nitrogens with one attached hydrogen (secondary N) is 1. The molecule has 94 valence electrons. The average molecular weight is 276 g/mol. The summed E-state index contributed by atoms with van der Waals surface area (Å²) < 4.78 is 4.96. The van der Waals surface area contributed by atoms with E-state index in [4.69, 9.17) is 27.9 Å². The van der Waals surface area contributed by atoms with E-state index in [2.05, 4.69) is 5.32 Å². The number of aryl methyl sites for hydroxylation is 1. The lowest BCUT2D eigenvalue weighted by molar-refractivity contribution is 0.0906. The number of rotatable bonds is 5. The Bertz CT molecular complexity index is 396. The van der Waals surface area contributed by atoms with E-state index >= 15 is 0 Å². The van der Waals surface area contributed by atoms with Gasteiger partial charge in [0.15, 0.2) is 0 Å². The van der Waals surface area contributed by atoms with Crippen molar-refractivity contribution in [3.05, 3.63) is 34.3 Å². The van der Waals surface area contributed by atoms with Crippen molar-refractivity contribution < 1.29 is 9.53 Å². The quantitative estimate of drug-likeness (QED) is 0.839. The second-order valence-electron chi connectivity index (χ2n) is 3.74. The predicted molar refractivity (Wildman–Crippen MR) is 70.0 cm³/mol. The fourth-order valence-electron chi connectivity index (χ4n) is 1.43. The summed E-state index contributed by atoms with van der Waals surface area (Å²) in [6.45, 7) is 2.24. The van der Waals surface area contributed by atoms with E-state index in [-0.39, 0.29) is 11.9 Å². The van der Waals surface area contributed by atoms with Crippen molar-refractivity contribution in [3.63, 3.8) is 0 Å². The zero-order valence-corrected chi connectivity index (χ0v) is 11.3. The maximum absolute atomic E-state index is 12.0. The van der Waals surface area contributed by atoms with Crippen LogP contribution in [0.1, 0.15) is 15.9 Å². The topological polar surface area (TPSA) is 38.3 Å². The zero-order valence-electron chi connectivity index (χ0n) is 9.80. The molecule has 1 unspecified atom stereocenters. The maximum atomic E-state index is 12.0. The zero-order chi connectivity index (χ0) is 12.8. The normalized spacial score (nSPS) is 12.2. The van der Waals surface area contributed by atoms with Crippen LogP contribution in [0.5, 0.6) is 0 Å². The first-order chi connectivity index (χ1) is 8.08. The van der Waals surface area contributed by atoms with Crippen molar-refractivity contribution in [2.45, 2.75) is 13.0 Å². The van der Waals surface area contributed by atoms with Crippen molar-refractivity contribution in [1.29, 1.82) is 0 Å². The molecule has 1 amide bonds. The average Bonchev–Trinajstić information content (AvgIpc) is 2.31. The molecule has 0 radical (unpaired) electrons. The van der Waals surface area contributed by atoms with E-state index in [1.807, 2.05) is 13.0 Å². The molecule has 0 aliphatic heterocycles. The molecule has 3 nitrogen and oxygen atoms in total. The van der Waals surface area contributed by atoms with Crippen molar-refractivity contribution in [2.24, 2.45) is 0 Å². The third kappa shape index (κ3) is 4.19. The van der Waals surface area contributed by atoms with Gasteiger partial charge in [-0.25, -0.2) is 0 Å². The Morgan fingerprint density at radius 2 is 2.24 bits per heavy atom. The number of methoxy groups -OCH3 is 1. The first kappa shape index (κ1) is 14.3. The van der Waals surface area contributed by atoms with Crippen molar-refractivity contribution >= 4 is 29.1 Å². The van der Waals surface area contributed by atoms with Gasteiger partial charge in [0, 0.05) is 23.6 Å². The summed E-state index contributed by atoms with van der Waals surface area (Å²) in [4.78, 5) is 12.0. The fraction of sp³-hybridized carbons (Fsp3) is 0.417. The largest absolute Gasteiger partial charge is 0.383 e. The van der Waals surface area contributed by atoms with E-state index < -0.39 is 0 Å². The number of carbonyl (C=O) groups is 1. The van der Waals surface area contributed by atoms with Gasteiger partial charge in [-0.1, -0.05) is 17.7 Å². The minimum Gasteiger partial charge on any atom is -0.383 e. The Hall–Kier alpha value is -0.770. The van der Waals surface area contributed by atoms with Gasteiger partial charge >= 0.3 is 0 Å². The number of ether oxygens (including phenoxy) is 1. The smallest absolute Gasteiger partial charge is 0.251 e. The van der Waals surface area contributed by atoms with Gasteiger partial charge in [0.25, 0.3) is 5.91 Å². The first-order valence-electron chi connectivity index (χ1n) is 5.20. The lowest BCUT2D eigenvalue weighted by Crippen LogP contribution is -2.39. The molecule has 0 spiro atoms. The van der Waals surface area contributed by atoms with Gasteiger partial charge in [-0.2, -0.15) is 0 Å². The Morgan fingerprint density at radius 1 is 1.53 bits per heavy atom. The summed E-state index contributed by atoms with van der Waals surface area (Å²) in [5.41, 5.74) is 1.43. The molecule has 1 N–H and O–H groups in total. The molecule has 0 saturated heterocycles. The van der Waals surface area contributed by atoms with Crippen LogP contribution in [0.2, 0.25) is 5.02 Å². The number of carbonyl (C=O) groups excluding carboxylic acids is 1. The number of hydrogen-bond donors (Lipinski definition) is 1. The third-order valence-corrected chi connectivity index (χ3v) is 2.94. The summed E-state index contributed by atoms with van der Waals surface area (Å²) in [6, 6.07) is 5.00. The summed E-state index contributed by atoms with van der Waals surface area (Å²) >= 11 is 11.6. The van der Waals surface area contributed by atoms with Crippen LogP contribution in [0.15, 0.2) is 18.2 Å². The molecule has 1 rings (SSSR count). The number of halogens is 2. The lowest BCUT2D eigenvalue weighted by atomic mass is 10.1. The number of alkyl halides is 1. The molecular weight excluding hydrogens is 261 g/mol. The molecule has 0 heterocycles. The van der Waals surface area contributed by atoms with Crippen LogP contribution in [0.25, 0.3) is 0 Å². The second kappa shape index (κ2) is 6.84. The molecule has 0 saturated carbocycles. The minimum absolute atomic E-state index is 0.187. The molecule has 0 fully saturated rings. The van der Waals surface area contributed by atoms with Gasteiger partial charge in [-0.15, -0.1) is 11.6 Å². The monoisotopic (exact) mass is 275 g/mol. The van der Waals surface area contributed by atoms with Crippen molar-refractivity contribution in [1.82, 2.24) is 5.32 Å². The van der Waals surface area contributed by atoms with Gasteiger partial charge < -0.3 is 10.1 Å². The van der Waals surface area contributed by atoms with Gasteiger partial charge in [0.1, 0.15) is 0 Å². The van der Waals surface area contributed by atoms with Gasteiger partial charge in [-0.05, 0) is 24.6 Å². The van der Waals surface area contributed by atoms with Gasteiger partial charge in [0.05, 0.1) is 12.6 Å². The maximum Gasteiger partial charge on any atom is 0.251 e. The van der Waals surface area contributed by atoms with E-state index in [0.717, 1.165) is 5.56 Å². The first-order valence-corrected chi connectivity index (χ1v) is 6.11. The van der Waals surface area contributed by atoms with Crippen molar-refractivity contribution in [3.8, 4) is 0 Å². The highest BCUT2D eigenvalue weighted by Crippen LogP contribution is 2.15. The lowest BCUT2D eigenvalue weighted by Gasteiger charge is -2.16. The molecular formula is C12H15Cl2NO2. The van der Waals surface area contributed by atoms with Crippen LogP contribution in [0, 0.1) is 6.92 Å². The van der Waals surface area contributed by atoms with Crippen molar-refractivity contribution in [2.75, 3.05) is 19.6 Å². The van der Waals surface area contributed by atoms with Gasteiger partial charge in [-0.3, -0.25) is 4.79 Å². The standard InChI is InChI=1S/C12H15Cl2NO2/c1-8-3-4-9(14)5-11(8)12(16)15-10(6-13)7-17-2/h3-5,10H,6-7H2,1-2H3,(H,15,16). The van der Waals surface area contributed by atoms with Gasteiger partial charge in [0.2, 0.25) is 0 Å². The molecule has 0 aliphatic rings. The molecule has 0 aliphatic carbocycles. The molecule has 0 aromatic heterocycles. The second-order valence-corrected chi connectivity index (χ2v) is 4.48. The van der Waals surface area contributed by atoms with E-state index in [9.17, 15) is 4.79 Å². The SMILES string of the molecule is COCC(CCl)NC(=O)c1cc(Cl)ccc1C. The number of benzene rings is 1. The number of amides is 1. The molecule has 1 atom stereocenters. The summed E-state index contributed by atoms with van der Waals surface area (Å²) in [5, 5.41) is 3.33. The van der Waals surface area contributed by atoms with Crippen LogP contribution >= 0.6 is 23.2 Å². The van der Waals surface area contributed by atoms with Crippen LogP contribution in [-0.2, 0) is 4.74 Å². The highest BCUT2D eigenvalue weighted by molar-refractivity contribution is 6.31. The summed E-state index contributed by atoms with van der Waals surface area (Å²) in [5.74, 6) is 0.117. The van der Waals surface area contributed by atoms with Crippen LogP contribution in [-0.4, -0.2) is 31.5 Å².